The van der Waals surface area contributed by atoms with Crippen molar-refractivity contribution < 1.29 is 14.3 Å². The minimum absolute atomic E-state index is 0.0788. The second-order valence-electron chi connectivity index (χ2n) is 3.06. The van der Waals surface area contributed by atoms with E-state index >= 15 is 0 Å². The summed E-state index contributed by atoms with van der Waals surface area (Å²) in [6, 6.07) is 1.48. The third-order valence-electron chi connectivity index (χ3n) is 1.80. The number of carbonyl (C=O) groups is 1. The molecule has 2 N–H and O–H groups in total. The third kappa shape index (κ3) is 4.09. The second-order valence-corrected chi connectivity index (χ2v) is 4.41. The Bertz CT molecular complexity index is 343. The van der Waals surface area contributed by atoms with Gasteiger partial charge in [0, 0.05) is 4.88 Å². The van der Waals surface area contributed by atoms with Crippen LogP contribution in [-0.2, 0) is 14.3 Å². The Morgan fingerprint density at radius 1 is 1.69 bits per heavy atom. The Morgan fingerprint density at radius 3 is 3.00 bits per heavy atom. The molecule has 0 radical (unpaired) electrons. The molecule has 0 saturated carbocycles. The normalized spacial score (nSPS) is 12.4. The molecule has 0 fully saturated rings. The number of hydrogen-bond acceptors (Lipinski definition) is 5. The van der Waals surface area contributed by atoms with Gasteiger partial charge in [0.25, 0.3) is 0 Å². The third-order valence-corrected chi connectivity index (χ3v) is 3.29. The molecule has 90 valence electrons. The highest BCUT2D eigenvalue weighted by Crippen LogP contribution is 2.27. The quantitative estimate of drug-likeness (QED) is 0.798. The molecule has 0 spiro atoms. The Morgan fingerprint density at radius 2 is 2.44 bits per heavy atom. The lowest BCUT2D eigenvalue weighted by molar-refractivity contribution is -0.148. The average Bonchev–Trinajstić information content (AvgIpc) is 2.64. The molecule has 0 aliphatic heterocycles. The molecule has 0 saturated heterocycles. The number of nitrogens with two attached hydrogens (primary N) is 1. The monoisotopic (exact) mass is 263 g/mol. The number of esters is 1. The van der Waals surface area contributed by atoms with Gasteiger partial charge in [0.2, 0.25) is 0 Å². The van der Waals surface area contributed by atoms with Crippen molar-refractivity contribution >= 4 is 28.9 Å². The fourth-order valence-corrected chi connectivity index (χ4v) is 2.30. The Labute approximate surface area is 103 Å². The van der Waals surface area contributed by atoms with Gasteiger partial charge in [0.05, 0.1) is 24.3 Å². The highest BCUT2D eigenvalue weighted by Gasteiger charge is 2.12. The van der Waals surface area contributed by atoms with Gasteiger partial charge in [-0.2, -0.15) is 0 Å². The van der Waals surface area contributed by atoms with E-state index in [2.05, 4.69) is 0 Å². The van der Waals surface area contributed by atoms with Crippen molar-refractivity contribution in [1.29, 1.82) is 0 Å². The number of rotatable bonds is 6. The minimum atomic E-state index is -0.382. The first-order valence-electron chi connectivity index (χ1n) is 4.87. The van der Waals surface area contributed by atoms with Crippen LogP contribution in [0, 0.1) is 0 Å². The van der Waals surface area contributed by atoms with Gasteiger partial charge in [-0.15, -0.1) is 11.3 Å². The summed E-state index contributed by atoms with van der Waals surface area (Å²) in [5, 5.41) is 2.50. The fourth-order valence-electron chi connectivity index (χ4n) is 1.12. The van der Waals surface area contributed by atoms with Crippen LogP contribution >= 0.6 is 22.9 Å². The zero-order valence-corrected chi connectivity index (χ0v) is 10.5. The molecule has 6 heteroatoms. The zero-order valence-electron chi connectivity index (χ0n) is 8.94. The number of thiophene rings is 1. The van der Waals surface area contributed by atoms with E-state index < -0.39 is 0 Å². The molecule has 0 amide bonds. The molecule has 1 unspecified atom stereocenters. The Kier molecular flexibility index (Phi) is 5.76. The van der Waals surface area contributed by atoms with Crippen LogP contribution < -0.4 is 5.73 Å². The van der Waals surface area contributed by atoms with Gasteiger partial charge in [0.1, 0.15) is 6.61 Å². The molecule has 1 heterocycles. The maximum absolute atomic E-state index is 11.0. The van der Waals surface area contributed by atoms with Crippen molar-refractivity contribution in [1.82, 2.24) is 0 Å². The first kappa shape index (κ1) is 13.4. The number of ether oxygens (including phenoxy) is 2. The Balaban J connectivity index is 2.28. The summed E-state index contributed by atoms with van der Waals surface area (Å²) in [5.74, 6) is -0.382. The summed E-state index contributed by atoms with van der Waals surface area (Å²) in [4.78, 5) is 11.8. The van der Waals surface area contributed by atoms with Crippen LogP contribution in [-0.4, -0.2) is 25.8 Å². The first-order valence-corrected chi connectivity index (χ1v) is 6.12. The van der Waals surface area contributed by atoms with Gasteiger partial charge in [-0.05, 0) is 18.4 Å². The van der Waals surface area contributed by atoms with Gasteiger partial charge >= 0.3 is 5.97 Å². The molecule has 0 bridgehead atoms. The lowest BCUT2D eigenvalue weighted by Gasteiger charge is -2.10. The number of halogens is 1. The highest BCUT2D eigenvalue weighted by atomic mass is 35.5. The molecule has 1 aromatic heterocycles. The summed E-state index contributed by atoms with van der Waals surface area (Å²) >= 11 is 7.38. The molecular weight excluding hydrogens is 250 g/mol. The summed E-state index contributed by atoms with van der Waals surface area (Å²) in [6.07, 6.45) is 0. The van der Waals surface area contributed by atoms with E-state index in [-0.39, 0.29) is 25.2 Å². The summed E-state index contributed by atoms with van der Waals surface area (Å²) in [6.45, 7) is 2.27. The smallest absolute Gasteiger partial charge is 0.332 e. The van der Waals surface area contributed by atoms with E-state index in [1.54, 1.807) is 13.0 Å². The number of hydrogen-bond donors (Lipinski definition) is 1. The van der Waals surface area contributed by atoms with Crippen LogP contribution in [0.4, 0.5) is 0 Å². The predicted octanol–water partition coefficient (Wildman–Crippen LogP) is 1.98. The Hall–Kier alpha value is -0.620. The van der Waals surface area contributed by atoms with Gasteiger partial charge in [-0.3, -0.25) is 0 Å². The lowest BCUT2D eigenvalue weighted by atomic mass is 10.3. The standard InChI is InChI=1S/C10H14ClNO3S/c1-2-15-9(13)6-14-5-8(12)10-7(11)3-4-16-10/h3-4,8H,2,5-6,12H2,1H3. The zero-order chi connectivity index (χ0) is 12.0. The minimum Gasteiger partial charge on any atom is -0.464 e. The van der Waals surface area contributed by atoms with E-state index in [1.807, 2.05) is 5.38 Å². The average molecular weight is 264 g/mol. The van der Waals surface area contributed by atoms with Crippen molar-refractivity contribution in [3.63, 3.8) is 0 Å². The molecular formula is C10H14ClNO3S. The maximum atomic E-state index is 11.0. The highest BCUT2D eigenvalue weighted by molar-refractivity contribution is 7.10. The van der Waals surface area contributed by atoms with Gasteiger partial charge in [-0.25, -0.2) is 4.79 Å². The van der Waals surface area contributed by atoms with Crippen molar-refractivity contribution in [3.8, 4) is 0 Å². The molecule has 16 heavy (non-hydrogen) atoms. The van der Waals surface area contributed by atoms with Crippen molar-refractivity contribution in [3.05, 3.63) is 21.3 Å². The second kappa shape index (κ2) is 6.85. The topological polar surface area (TPSA) is 61.5 Å². The largest absolute Gasteiger partial charge is 0.464 e. The van der Waals surface area contributed by atoms with Crippen molar-refractivity contribution in [2.75, 3.05) is 19.8 Å². The maximum Gasteiger partial charge on any atom is 0.332 e. The molecule has 0 aromatic carbocycles. The number of carbonyl (C=O) groups excluding carboxylic acids is 1. The summed E-state index contributed by atoms with van der Waals surface area (Å²) in [7, 11) is 0. The molecule has 1 aromatic rings. The van der Waals surface area contributed by atoms with E-state index in [9.17, 15) is 4.79 Å². The molecule has 0 aliphatic carbocycles. The van der Waals surface area contributed by atoms with Crippen molar-refractivity contribution in [2.45, 2.75) is 13.0 Å². The van der Waals surface area contributed by atoms with Crippen LogP contribution in [0.3, 0.4) is 0 Å². The van der Waals surface area contributed by atoms with E-state index in [4.69, 9.17) is 26.8 Å². The van der Waals surface area contributed by atoms with Crippen LogP contribution in [0.2, 0.25) is 5.02 Å². The predicted molar refractivity (Wildman–Crippen MR) is 63.7 cm³/mol. The van der Waals surface area contributed by atoms with E-state index in [0.29, 0.717) is 11.6 Å². The van der Waals surface area contributed by atoms with Crippen molar-refractivity contribution in [2.24, 2.45) is 5.73 Å². The summed E-state index contributed by atoms with van der Waals surface area (Å²) < 4.78 is 9.85. The van der Waals surface area contributed by atoms with E-state index in [1.165, 1.54) is 11.3 Å². The van der Waals surface area contributed by atoms with E-state index in [0.717, 1.165) is 4.88 Å². The fraction of sp³-hybridized carbons (Fsp3) is 0.500. The molecule has 4 nitrogen and oxygen atoms in total. The van der Waals surface area contributed by atoms with Gasteiger partial charge < -0.3 is 15.2 Å². The summed E-state index contributed by atoms with van der Waals surface area (Å²) in [5.41, 5.74) is 5.85. The molecule has 1 rings (SSSR count). The molecule has 1 atom stereocenters. The van der Waals surface area contributed by atoms with Gasteiger partial charge in [0.15, 0.2) is 0 Å². The van der Waals surface area contributed by atoms with Gasteiger partial charge in [-0.1, -0.05) is 11.6 Å². The SMILES string of the molecule is CCOC(=O)COCC(N)c1sccc1Cl. The van der Waals surface area contributed by atoms with Crippen LogP contribution in [0.25, 0.3) is 0 Å². The van der Waals surface area contributed by atoms with Crippen LogP contribution in [0.5, 0.6) is 0 Å². The van der Waals surface area contributed by atoms with Crippen LogP contribution in [0.1, 0.15) is 17.8 Å². The first-order chi connectivity index (χ1) is 7.65. The van der Waals surface area contributed by atoms with Crippen LogP contribution in [0.15, 0.2) is 11.4 Å². The molecule has 0 aliphatic rings. The lowest BCUT2D eigenvalue weighted by Crippen LogP contribution is -2.20.